The van der Waals surface area contributed by atoms with Gasteiger partial charge in [-0.05, 0) is 61.4 Å². The minimum atomic E-state index is -0.477. The molecule has 1 aliphatic rings. The number of carbonyl (C=O) groups is 2. The number of benzene rings is 3. The van der Waals surface area contributed by atoms with E-state index < -0.39 is 11.8 Å². The molecule has 1 heterocycles. The molecule has 0 saturated carbocycles. The maximum atomic E-state index is 13.7. The van der Waals surface area contributed by atoms with Gasteiger partial charge in [0.15, 0.2) is 0 Å². The number of halogens is 1. The number of rotatable bonds is 6. The number of imide groups is 1. The van der Waals surface area contributed by atoms with Crippen LogP contribution in [-0.2, 0) is 9.59 Å². The molecule has 33 heavy (non-hydrogen) atoms. The van der Waals surface area contributed by atoms with Crippen molar-refractivity contribution in [1.29, 1.82) is 0 Å². The third-order valence-electron chi connectivity index (χ3n) is 5.47. The number of amides is 2. The predicted octanol–water partition coefficient (Wildman–Crippen LogP) is 5.37. The summed E-state index contributed by atoms with van der Waals surface area (Å²) in [5.41, 5.74) is 3.60. The minimum Gasteiger partial charge on any atom is -0.496 e. The second-order valence-electron chi connectivity index (χ2n) is 7.66. The van der Waals surface area contributed by atoms with Crippen LogP contribution in [0.15, 0.2) is 66.4 Å². The zero-order chi connectivity index (χ0) is 23.7. The van der Waals surface area contributed by atoms with Crippen LogP contribution in [0.1, 0.15) is 16.7 Å². The van der Waals surface area contributed by atoms with Gasteiger partial charge in [0.2, 0.25) is 0 Å². The Kier molecular flexibility index (Phi) is 6.11. The van der Waals surface area contributed by atoms with E-state index >= 15 is 0 Å². The number of carbonyl (C=O) groups excluding carboxylic acids is 2. The smallest absolute Gasteiger partial charge is 0.282 e. The number of nitrogens with zero attached hydrogens (tertiary/aromatic N) is 1. The van der Waals surface area contributed by atoms with Crippen LogP contribution < -0.4 is 19.7 Å². The van der Waals surface area contributed by atoms with Crippen molar-refractivity contribution in [3.05, 3.63) is 88.1 Å². The number of para-hydroxylation sites is 1. The maximum absolute atomic E-state index is 13.7. The Morgan fingerprint density at radius 3 is 2.27 bits per heavy atom. The molecule has 0 saturated heterocycles. The molecule has 168 valence electrons. The van der Waals surface area contributed by atoms with E-state index in [-0.39, 0.29) is 11.3 Å². The molecule has 0 aliphatic carbocycles. The Bertz CT molecular complexity index is 1300. The Morgan fingerprint density at radius 2 is 1.58 bits per heavy atom. The maximum Gasteiger partial charge on any atom is 0.282 e. The van der Waals surface area contributed by atoms with E-state index in [0.29, 0.717) is 39.0 Å². The summed E-state index contributed by atoms with van der Waals surface area (Å²) >= 11 is 6.10. The average Bonchev–Trinajstić information content (AvgIpc) is 3.03. The van der Waals surface area contributed by atoms with Gasteiger partial charge in [0.1, 0.15) is 17.2 Å². The highest BCUT2D eigenvalue weighted by atomic mass is 35.5. The van der Waals surface area contributed by atoms with E-state index in [4.69, 9.17) is 21.1 Å². The number of methoxy groups -OCH3 is 2. The normalized spacial score (nSPS) is 13.5. The molecule has 7 heteroatoms. The summed E-state index contributed by atoms with van der Waals surface area (Å²) in [7, 11) is 3.08. The zero-order valence-electron chi connectivity index (χ0n) is 18.7. The van der Waals surface area contributed by atoms with Crippen LogP contribution in [0.25, 0.3) is 5.57 Å². The van der Waals surface area contributed by atoms with E-state index in [1.165, 1.54) is 7.11 Å². The van der Waals surface area contributed by atoms with Crippen molar-refractivity contribution < 1.29 is 19.1 Å². The third kappa shape index (κ3) is 4.05. The lowest BCUT2D eigenvalue weighted by Crippen LogP contribution is -2.33. The monoisotopic (exact) mass is 462 g/mol. The standard InChI is InChI=1S/C26H23ClN2O4/c1-15-9-12-22(33-4)19(13-15)28-24-23(18-7-5-6-8-21(18)32-3)25(30)29(26(24)31)20-11-10-17(27)14-16(20)2/h5-14,28H,1-4H3. The van der Waals surface area contributed by atoms with Gasteiger partial charge in [0.05, 0.1) is 31.2 Å². The van der Waals surface area contributed by atoms with Crippen LogP contribution in [0.3, 0.4) is 0 Å². The molecule has 3 aromatic rings. The molecule has 1 N–H and O–H groups in total. The second-order valence-corrected chi connectivity index (χ2v) is 8.09. The molecule has 0 unspecified atom stereocenters. The summed E-state index contributed by atoms with van der Waals surface area (Å²) in [5.74, 6) is 0.103. The Labute approximate surface area is 197 Å². The fourth-order valence-corrected chi connectivity index (χ4v) is 4.12. The largest absolute Gasteiger partial charge is 0.496 e. The van der Waals surface area contributed by atoms with Crippen molar-refractivity contribution in [3.8, 4) is 11.5 Å². The number of aryl methyl sites for hydroxylation is 2. The van der Waals surface area contributed by atoms with Crippen molar-refractivity contribution in [2.75, 3.05) is 24.4 Å². The average molecular weight is 463 g/mol. The van der Waals surface area contributed by atoms with Crippen LogP contribution in [-0.4, -0.2) is 26.0 Å². The SMILES string of the molecule is COc1ccc(C)cc1NC1=C(c2ccccc2OC)C(=O)N(c2ccc(Cl)cc2C)C1=O. The summed E-state index contributed by atoms with van der Waals surface area (Å²) in [6.07, 6.45) is 0. The molecular formula is C26H23ClN2O4. The van der Waals surface area contributed by atoms with Crippen LogP contribution in [0, 0.1) is 13.8 Å². The van der Waals surface area contributed by atoms with Gasteiger partial charge in [-0.2, -0.15) is 0 Å². The van der Waals surface area contributed by atoms with Gasteiger partial charge in [-0.25, -0.2) is 4.90 Å². The lowest BCUT2D eigenvalue weighted by Gasteiger charge is -2.18. The number of anilines is 2. The molecule has 0 bridgehead atoms. The number of hydrogen-bond acceptors (Lipinski definition) is 5. The van der Waals surface area contributed by atoms with E-state index in [9.17, 15) is 9.59 Å². The molecule has 0 aromatic heterocycles. The number of hydrogen-bond donors (Lipinski definition) is 1. The predicted molar refractivity (Wildman–Crippen MR) is 130 cm³/mol. The lowest BCUT2D eigenvalue weighted by atomic mass is 10.0. The highest BCUT2D eigenvalue weighted by Crippen LogP contribution is 2.39. The molecule has 0 fully saturated rings. The fraction of sp³-hybridized carbons (Fsp3) is 0.154. The molecule has 6 nitrogen and oxygen atoms in total. The first-order chi connectivity index (χ1) is 15.8. The Morgan fingerprint density at radius 1 is 0.848 bits per heavy atom. The van der Waals surface area contributed by atoms with Crippen LogP contribution in [0.4, 0.5) is 11.4 Å². The first-order valence-electron chi connectivity index (χ1n) is 10.3. The van der Waals surface area contributed by atoms with Crippen molar-refractivity contribution >= 4 is 40.4 Å². The van der Waals surface area contributed by atoms with Gasteiger partial charge < -0.3 is 14.8 Å². The van der Waals surface area contributed by atoms with Gasteiger partial charge in [0.25, 0.3) is 11.8 Å². The first-order valence-corrected chi connectivity index (χ1v) is 10.7. The third-order valence-corrected chi connectivity index (χ3v) is 5.71. The summed E-state index contributed by atoms with van der Waals surface area (Å²) in [6, 6.07) is 17.7. The van der Waals surface area contributed by atoms with Crippen LogP contribution in [0.5, 0.6) is 11.5 Å². The van der Waals surface area contributed by atoms with Gasteiger partial charge in [-0.15, -0.1) is 0 Å². The summed E-state index contributed by atoms with van der Waals surface area (Å²) in [5, 5.41) is 3.70. The Balaban J connectivity index is 1.91. The molecule has 4 rings (SSSR count). The Hall–Kier alpha value is -3.77. The quantitative estimate of drug-likeness (QED) is 0.499. The molecule has 0 atom stereocenters. The fourth-order valence-electron chi connectivity index (χ4n) is 3.89. The summed E-state index contributed by atoms with van der Waals surface area (Å²) in [4.78, 5) is 28.6. The lowest BCUT2D eigenvalue weighted by molar-refractivity contribution is -0.120. The number of nitrogens with one attached hydrogen (secondary N) is 1. The van der Waals surface area contributed by atoms with Gasteiger partial charge in [-0.1, -0.05) is 35.9 Å². The van der Waals surface area contributed by atoms with E-state index in [1.54, 1.807) is 50.4 Å². The first kappa shape index (κ1) is 22.4. The van der Waals surface area contributed by atoms with Gasteiger partial charge in [0, 0.05) is 10.6 Å². The van der Waals surface area contributed by atoms with E-state index in [2.05, 4.69) is 5.32 Å². The molecule has 1 aliphatic heterocycles. The minimum absolute atomic E-state index is 0.141. The van der Waals surface area contributed by atoms with Crippen molar-refractivity contribution in [3.63, 3.8) is 0 Å². The number of ether oxygens (including phenoxy) is 2. The van der Waals surface area contributed by atoms with Gasteiger partial charge >= 0.3 is 0 Å². The summed E-state index contributed by atoms with van der Waals surface area (Å²) in [6.45, 7) is 3.74. The van der Waals surface area contributed by atoms with Crippen molar-refractivity contribution in [1.82, 2.24) is 0 Å². The molecule has 3 aromatic carbocycles. The topological polar surface area (TPSA) is 67.9 Å². The highest BCUT2D eigenvalue weighted by Gasteiger charge is 2.42. The van der Waals surface area contributed by atoms with E-state index in [1.807, 2.05) is 31.2 Å². The zero-order valence-corrected chi connectivity index (χ0v) is 19.5. The highest BCUT2D eigenvalue weighted by molar-refractivity contribution is 6.46. The second kappa shape index (κ2) is 9.00. The van der Waals surface area contributed by atoms with Crippen molar-refractivity contribution in [2.45, 2.75) is 13.8 Å². The molecule has 0 radical (unpaired) electrons. The molecule has 0 spiro atoms. The molecule has 2 amide bonds. The van der Waals surface area contributed by atoms with E-state index in [0.717, 1.165) is 10.5 Å². The van der Waals surface area contributed by atoms with Gasteiger partial charge in [-0.3, -0.25) is 9.59 Å². The summed E-state index contributed by atoms with van der Waals surface area (Å²) < 4.78 is 11.0. The molecular weight excluding hydrogens is 440 g/mol. The van der Waals surface area contributed by atoms with Crippen LogP contribution >= 0.6 is 11.6 Å². The van der Waals surface area contributed by atoms with Crippen molar-refractivity contribution in [2.24, 2.45) is 0 Å². The van der Waals surface area contributed by atoms with Crippen LogP contribution in [0.2, 0.25) is 5.02 Å².